The molecule has 0 aromatic heterocycles. The van der Waals surface area contributed by atoms with Crippen LogP contribution in [0, 0.1) is 11.3 Å². The lowest BCUT2D eigenvalue weighted by Crippen LogP contribution is -2.40. The van der Waals surface area contributed by atoms with E-state index >= 15 is 0 Å². The van der Waals surface area contributed by atoms with E-state index in [1.54, 1.807) is 0 Å². The Kier molecular flexibility index (Phi) is 4.79. The number of carboxylic acid groups (broad SMARTS) is 1. The summed E-state index contributed by atoms with van der Waals surface area (Å²) < 4.78 is 5.45. The topological polar surface area (TPSA) is 49.8 Å². The van der Waals surface area contributed by atoms with Gasteiger partial charge in [-0.1, -0.05) is 30.3 Å². The van der Waals surface area contributed by atoms with Crippen molar-refractivity contribution in [3.05, 3.63) is 35.9 Å². The highest BCUT2D eigenvalue weighted by atomic mass is 16.5. The van der Waals surface area contributed by atoms with Gasteiger partial charge in [-0.05, 0) is 37.8 Å². The number of aliphatic carboxylic acids is 1. The van der Waals surface area contributed by atoms with Crippen molar-refractivity contribution in [3.8, 4) is 0 Å². The summed E-state index contributed by atoms with van der Waals surface area (Å²) >= 11 is 0. The summed E-state index contributed by atoms with van der Waals surface area (Å²) in [5, 5.41) is 9.58. The molecule has 1 atom stereocenters. The number of carbonyl (C=O) groups is 1. The van der Waals surface area contributed by atoms with Gasteiger partial charge in [0.25, 0.3) is 0 Å². The maximum atomic E-state index is 11.6. The molecule has 2 heterocycles. The lowest BCUT2D eigenvalue weighted by Gasteiger charge is -2.36. The molecule has 1 aromatic carbocycles. The third-order valence-corrected chi connectivity index (χ3v) is 5.29. The highest BCUT2D eigenvalue weighted by Gasteiger charge is 2.50. The fourth-order valence-electron chi connectivity index (χ4n) is 4.02. The van der Waals surface area contributed by atoms with E-state index < -0.39 is 5.97 Å². The quantitative estimate of drug-likeness (QED) is 0.907. The molecule has 4 nitrogen and oxygen atoms in total. The number of hydrogen-bond acceptors (Lipinski definition) is 3. The monoisotopic (exact) mass is 303 g/mol. The first kappa shape index (κ1) is 15.5. The molecular weight excluding hydrogens is 278 g/mol. The Balaban J connectivity index is 1.55. The smallest absolute Gasteiger partial charge is 0.308 e. The normalized spacial score (nSPS) is 24.6. The first-order valence-electron chi connectivity index (χ1n) is 8.26. The van der Waals surface area contributed by atoms with Crippen molar-refractivity contribution < 1.29 is 14.6 Å². The van der Waals surface area contributed by atoms with Gasteiger partial charge in [0.1, 0.15) is 0 Å². The molecule has 1 aromatic rings. The van der Waals surface area contributed by atoms with Gasteiger partial charge in [0.15, 0.2) is 0 Å². The second-order valence-electron chi connectivity index (χ2n) is 6.69. The molecule has 2 fully saturated rings. The summed E-state index contributed by atoms with van der Waals surface area (Å²) in [7, 11) is 0. The predicted octanol–water partition coefficient (Wildman–Crippen LogP) is 2.43. The Hall–Kier alpha value is -1.39. The van der Waals surface area contributed by atoms with Crippen LogP contribution in [0.1, 0.15) is 24.8 Å². The Bertz CT molecular complexity index is 496. The summed E-state index contributed by atoms with van der Waals surface area (Å²) in [6.07, 6.45) is 3.92. The van der Waals surface area contributed by atoms with Gasteiger partial charge in [-0.3, -0.25) is 4.79 Å². The van der Waals surface area contributed by atoms with Gasteiger partial charge in [0.2, 0.25) is 0 Å². The number of ether oxygens (including phenoxy) is 1. The van der Waals surface area contributed by atoms with E-state index in [1.165, 1.54) is 5.56 Å². The van der Waals surface area contributed by atoms with Gasteiger partial charge in [-0.2, -0.15) is 0 Å². The van der Waals surface area contributed by atoms with Gasteiger partial charge >= 0.3 is 5.97 Å². The third kappa shape index (κ3) is 3.33. The van der Waals surface area contributed by atoms with E-state index in [2.05, 4.69) is 29.2 Å². The van der Waals surface area contributed by atoms with Crippen LogP contribution in [-0.4, -0.2) is 48.8 Å². The van der Waals surface area contributed by atoms with Crippen molar-refractivity contribution in [2.45, 2.75) is 25.7 Å². The minimum absolute atomic E-state index is 0.0587. The van der Waals surface area contributed by atoms with Gasteiger partial charge < -0.3 is 14.7 Å². The molecule has 2 aliphatic rings. The van der Waals surface area contributed by atoms with E-state index in [0.717, 1.165) is 38.8 Å². The number of carboxylic acids is 1. The molecule has 0 amide bonds. The zero-order valence-electron chi connectivity index (χ0n) is 13.0. The zero-order valence-corrected chi connectivity index (χ0v) is 13.0. The van der Waals surface area contributed by atoms with Crippen LogP contribution in [0.2, 0.25) is 0 Å². The maximum Gasteiger partial charge on any atom is 0.308 e. The average Bonchev–Trinajstić information content (AvgIpc) is 2.87. The van der Waals surface area contributed by atoms with E-state index in [1.807, 2.05) is 6.07 Å². The maximum absolute atomic E-state index is 11.6. The molecule has 2 aliphatic heterocycles. The Morgan fingerprint density at radius 3 is 2.68 bits per heavy atom. The standard InChI is InChI=1S/C18H25NO3/c20-17(21)16-13-19(14-18(16)8-11-22-12-9-18)10-4-7-15-5-2-1-3-6-15/h1-3,5-6,16H,4,7-14H2,(H,20,21). The Morgan fingerprint density at radius 1 is 1.27 bits per heavy atom. The van der Waals surface area contributed by atoms with Crippen LogP contribution in [0.4, 0.5) is 0 Å². The van der Waals surface area contributed by atoms with Gasteiger partial charge in [0, 0.05) is 31.7 Å². The average molecular weight is 303 g/mol. The summed E-state index contributed by atoms with van der Waals surface area (Å²) in [5.41, 5.74) is 1.30. The first-order chi connectivity index (χ1) is 10.7. The fraction of sp³-hybridized carbons (Fsp3) is 0.611. The van der Waals surface area contributed by atoms with E-state index in [0.29, 0.717) is 19.8 Å². The lowest BCUT2D eigenvalue weighted by molar-refractivity contribution is -0.146. The molecule has 3 rings (SSSR count). The summed E-state index contributed by atoms with van der Waals surface area (Å²) in [5.74, 6) is -0.861. The predicted molar refractivity (Wildman–Crippen MR) is 84.8 cm³/mol. The molecular formula is C18H25NO3. The Morgan fingerprint density at radius 2 is 2.00 bits per heavy atom. The summed E-state index contributed by atoms with van der Waals surface area (Å²) in [6.45, 7) is 4.02. The minimum atomic E-state index is -0.632. The van der Waals surface area contributed by atoms with Crippen molar-refractivity contribution in [1.29, 1.82) is 0 Å². The van der Waals surface area contributed by atoms with Gasteiger partial charge in [0.05, 0.1) is 5.92 Å². The minimum Gasteiger partial charge on any atom is -0.481 e. The van der Waals surface area contributed by atoms with E-state index in [9.17, 15) is 9.90 Å². The number of aryl methyl sites for hydroxylation is 1. The van der Waals surface area contributed by atoms with Crippen molar-refractivity contribution in [3.63, 3.8) is 0 Å². The van der Waals surface area contributed by atoms with Gasteiger partial charge in [-0.25, -0.2) is 0 Å². The molecule has 4 heteroatoms. The van der Waals surface area contributed by atoms with Crippen molar-refractivity contribution in [2.75, 3.05) is 32.8 Å². The Labute approximate surface area is 132 Å². The summed E-state index contributed by atoms with van der Waals surface area (Å²) in [4.78, 5) is 14.0. The van der Waals surface area contributed by atoms with Gasteiger partial charge in [-0.15, -0.1) is 0 Å². The second kappa shape index (κ2) is 6.80. The molecule has 2 saturated heterocycles. The zero-order chi connectivity index (χ0) is 15.4. The molecule has 0 radical (unpaired) electrons. The van der Waals surface area contributed by atoms with Crippen LogP contribution in [0.15, 0.2) is 30.3 Å². The molecule has 0 aliphatic carbocycles. The summed E-state index contributed by atoms with van der Waals surface area (Å²) in [6, 6.07) is 10.5. The van der Waals surface area contributed by atoms with Crippen molar-refractivity contribution in [1.82, 2.24) is 4.90 Å². The van der Waals surface area contributed by atoms with Crippen molar-refractivity contribution >= 4 is 5.97 Å². The largest absolute Gasteiger partial charge is 0.481 e. The highest BCUT2D eigenvalue weighted by Crippen LogP contribution is 2.44. The van der Waals surface area contributed by atoms with Crippen LogP contribution in [-0.2, 0) is 16.0 Å². The number of hydrogen-bond donors (Lipinski definition) is 1. The molecule has 0 saturated carbocycles. The number of rotatable bonds is 5. The van der Waals surface area contributed by atoms with E-state index in [-0.39, 0.29) is 11.3 Å². The first-order valence-corrected chi connectivity index (χ1v) is 8.26. The number of likely N-dealkylation sites (tertiary alicyclic amines) is 1. The van der Waals surface area contributed by atoms with Crippen LogP contribution in [0.5, 0.6) is 0 Å². The SMILES string of the molecule is O=C(O)C1CN(CCCc2ccccc2)CC12CCOCC2. The third-order valence-electron chi connectivity index (χ3n) is 5.29. The molecule has 1 N–H and O–H groups in total. The van der Waals surface area contributed by atoms with Crippen LogP contribution < -0.4 is 0 Å². The molecule has 120 valence electrons. The molecule has 1 unspecified atom stereocenters. The number of nitrogens with zero attached hydrogens (tertiary/aromatic N) is 1. The number of benzene rings is 1. The fourth-order valence-corrected chi connectivity index (χ4v) is 4.02. The van der Waals surface area contributed by atoms with Crippen LogP contribution in [0.25, 0.3) is 0 Å². The van der Waals surface area contributed by atoms with Crippen LogP contribution >= 0.6 is 0 Å². The van der Waals surface area contributed by atoms with Crippen LogP contribution in [0.3, 0.4) is 0 Å². The van der Waals surface area contributed by atoms with E-state index in [4.69, 9.17) is 4.74 Å². The second-order valence-corrected chi connectivity index (χ2v) is 6.69. The van der Waals surface area contributed by atoms with Crippen molar-refractivity contribution in [2.24, 2.45) is 11.3 Å². The highest BCUT2D eigenvalue weighted by molar-refractivity contribution is 5.72. The lowest BCUT2D eigenvalue weighted by atomic mass is 9.72. The molecule has 1 spiro atoms. The molecule has 22 heavy (non-hydrogen) atoms. The molecule has 0 bridgehead atoms.